The Morgan fingerprint density at radius 2 is 2.06 bits per heavy atom. The van der Waals surface area contributed by atoms with Gasteiger partial charge in [0.1, 0.15) is 12.4 Å². The van der Waals surface area contributed by atoms with Crippen LogP contribution >= 0.6 is 34.8 Å². The molecule has 1 aliphatic heterocycles. The van der Waals surface area contributed by atoms with E-state index < -0.39 is 9.89 Å². The maximum Gasteiger partial charge on any atom is 0.409 e. The lowest BCUT2D eigenvalue weighted by molar-refractivity contribution is -0.383. The molecule has 3 aromatic rings. The van der Waals surface area contributed by atoms with Gasteiger partial charge in [0.2, 0.25) is 3.79 Å². The maximum absolute atomic E-state index is 12.8. The highest BCUT2D eigenvalue weighted by Gasteiger charge is 2.49. The van der Waals surface area contributed by atoms with Crippen molar-refractivity contribution in [2.75, 3.05) is 26.8 Å². The number of alkyl halides is 3. The van der Waals surface area contributed by atoms with Gasteiger partial charge in [0.05, 0.1) is 22.9 Å². The number of ether oxygens (including phenoxy) is 2. The van der Waals surface area contributed by atoms with Gasteiger partial charge in [0, 0.05) is 30.3 Å². The summed E-state index contributed by atoms with van der Waals surface area (Å²) in [5, 5.41) is 12.4. The van der Waals surface area contributed by atoms with E-state index in [0.717, 1.165) is 28.1 Å². The SMILES string of the molecule is COc1cccc([C@]23CCN(C(=O)OCC(Cl)(Cl)Cl)CC2Cc2c([nH]c4cccc([N+](=O)[O-])c24)C3)c1. The number of piperidine rings is 1. The van der Waals surface area contributed by atoms with Crippen molar-refractivity contribution in [2.45, 2.75) is 28.5 Å². The number of H-pyrrole nitrogens is 1. The molecule has 1 saturated heterocycles. The van der Waals surface area contributed by atoms with E-state index in [1.165, 1.54) is 6.07 Å². The van der Waals surface area contributed by atoms with E-state index in [9.17, 15) is 14.9 Å². The van der Waals surface area contributed by atoms with Gasteiger partial charge in [0.15, 0.2) is 0 Å². The zero-order valence-corrected chi connectivity index (χ0v) is 21.7. The molecule has 1 fully saturated rings. The van der Waals surface area contributed by atoms with Gasteiger partial charge in [-0.05, 0) is 54.5 Å². The number of rotatable bonds is 4. The number of likely N-dealkylation sites (tertiary alicyclic amines) is 1. The molecule has 0 spiro atoms. The molecule has 2 aliphatic rings. The van der Waals surface area contributed by atoms with Gasteiger partial charge in [-0.3, -0.25) is 10.1 Å². The van der Waals surface area contributed by atoms with E-state index in [4.69, 9.17) is 44.3 Å². The van der Waals surface area contributed by atoms with Gasteiger partial charge in [-0.25, -0.2) is 4.79 Å². The van der Waals surface area contributed by atoms with Gasteiger partial charge in [-0.1, -0.05) is 53.0 Å². The lowest BCUT2D eigenvalue weighted by Gasteiger charge is -2.50. The minimum atomic E-state index is -1.70. The number of amides is 1. The number of nitro groups is 1. The molecule has 1 aromatic heterocycles. The number of aromatic nitrogens is 1. The monoisotopic (exact) mass is 551 g/mol. The Morgan fingerprint density at radius 1 is 1.28 bits per heavy atom. The maximum atomic E-state index is 12.8. The van der Waals surface area contributed by atoms with Crippen molar-refractivity contribution in [1.82, 2.24) is 9.88 Å². The van der Waals surface area contributed by atoms with Gasteiger partial charge in [0.25, 0.3) is 5.69 Å². The summed E-state index contributed by atoms with van der Waals surface area (Å²) in [4.78, 5) is 29.4. The number of hydrogen-bond donors (Lipinski definition) is 1. The molecule has 0 saturated carbocycles. The Kier molecular flexibility index (Phi) is 6.47. The molecular formula is C25H24Cl3N3O5. The van der Waals surface area contributed by atoms with E-state index in [0.29, 0.717) is 37.7 Å². The molecule has 5 rings (SSSR count). The Morgan fingerprint density at radius 3 is 2.78 bits per heavy atom. The van der Waals surface area contributed by atoms with Crippen molar-refractivity contribution in [3.8, 4) is 5.75 Å². The first-order valence-electron chi connectivity index (χ1n) is 11.5. The average Bonchev–Trinajstić information content (AvgIpc) is 3.22. The van der Waals surface area contributed by atoms with Crippen molar-refractivity contribution in [3.63, 3.8) is 0 Å². The zero-order chi connectivity index (χ0) is 25.7. The highest BCUT2D eigenvalue weighted by atomic mass is 35.6. The second-order valence-corrected chi connectivity index (χ2v) is 11.9. The summed E-state index contributed by atoms with van der Waals surface area (Å²) in [7, 11) is 1.63. The second-order valence-electron chi connectivity index (χ2n) is 9.37. The summed E-state index contributed by atoms with van der Waals surface area (Å²) >= 11 is 17.3. The molecular weight excluding hydrogens is 529 g/mol. The predicted octanol–water partition coefficient (Wildman–Crippen LogP) is 5.95. The fourth-order valence-corrected chi connectivity index (χ4v) is 5.98. The van der Waals surface area contributed by atoms with Crippen LogP contribution in [-0.2, 0) is 23.0 Å². The molecule has 1 aliphatic carbocycles. The first-order valence-corrected chi connectivity index (χ1v) is 12.6. The summed E-state index contributed by atoms with van der Waals surface area (Å²) in [5.41, 5.74) is 3.55. The first-order chi connectivity index (χ1) is 17.1. The van der Waals surface area contributed by atoms with Gasteiger partial charge in [-0.2, -0.15) is 0 Å². The number of carbonyl (C=O) groups is 1. The predicted molar refractivity (Wildman–Crippen MR) is 138 cm³/mol. The van der Waals surface area contributed by atoms with E-state index >= 15 is 0 Å². The number of nitrogens with zero attached hydrogens (tertiary/aromatic N) is 2. The van der Waals surface area contributed by atoms with E-state index in [-0.39, 0.29) is 28.6 Å². The Balaban J connectivity index is 1.56. The topological polar surface area (TPSA) is 97.7 Å². The van der Waals surface area contributed by atoms with Crippen LogP contribution in [0.25, 0.3) is 10.9 Å². The van der Waals surface area contributed by atoms with Crippen LogP contribution in [0.4, 0.5) is 10.5 Å². The molecule has 11 heteroatoms. The van der Waals surface area contributed by atoms with Crippen LogP contribution in [0.2, 0.25) is 0 Å². The van der Waals surface area contributed by atoms with Crippen molar-refractivity contribution in [3.05, 3.63) is 69.4 Å². The van der Waals surface area contributed by atoms with Crippen LogP contribution in [0.1, 0.15) is 23.2 Å². The lowest BCUT2D eigenvalue weighted by atomic mass is 9.59. The number of aromatic amines is 1. The number of hydrogen-bond acceptors (Lipinski definition) is 5. The molecule has 2 atom stereocenters. The third-order valence-electron chi connectivity index (χ3n) is 7.45. The summed E-state index contributed by atoms with van der Waals surface area (Å²) in [6.07, 6.45) is 1.34. The zero-order valence-electron chi connectivity index (χ0n) is 19.4. The van der Waals surface area contributed by atoms with Crippen LogP contribution in [0.3, 0.4) is 0 Å². The normalized spacial score (nSPS) is 21.6. The van der Waals surface area contributed by atoms with Gasteiger partial charge >= 0.3 is 6.09 Å². The Hall–Kier alpha value is -2.68. The number of methoxy groups -OCH3 is 1. The van der Waals surface area contributed by atoms with Crippen molar-refractivity contribution < 1.29 is 19.2 Å². The fourth-order valence-electron chi connectivity index (χ4n) is 5.82. The molecule has 8 nitrogen and oxygen atoms in total. The molecule has 36 heavy (non-hydrogen) atoms. The summed E-state index contributed by atoms with van der Waals surface area (Å²) < 4.78 is 9.06. The number of nitro benzene ring substituents is 1. The number of carbonyl (C=O) groups excluding carboxylic acids is 1. The molecule has 1 amide bonds. The van der Waals surface area contributed by atoms with E-state index in [1.54, 1.807) is 18.1 Å². The smallest absolute Gasteiger partial charge is 0.409 e. The van der Waals surface area contributed by atoms with Crippen LogP contribution in [-0.4, -0.2) is 51.5 Å². The quantitative estimate of drug-likeness (QED) is 0.245. The minimum absolute atomic E-state index is 0.0232. The van der Waals surface area contributed by atoms with Crippen LogP contribution in [0.5, 0.6) is 5.75 Å². The molecule has 2 heterocycles. The summed E-state index contributed by atoms with van der Waals surface area (Å²) in [5.74, 6) is 0.730. The number of non-ortho nitro benzene ring substituents is 1. The van der Waals surface area contributed by atoms with Crippen LogP contribution in [0, 0.1) is 16.0 Å². The summed E-state index contributed by atoms with van der Waals surface area (Å²) in [6, 6.07) is 13.1. The number of nitrogens with one attached hydrogen (secondary N) is 1. The third-order valence-corrected chi connectivity index (χ3v) is 7.77. The molecule has 1 unspecified atom stereocenters. The standard InChI is InChI=1S/C25H24Cl3N3O5/c1-35-17-5-2-4-15(10-17)24-8-9-30(23(32)36-14-25(26,27)28)13-16(24)11-18-20(12-24)29-19-6-3-7-21(22(18)19)31(33)34/h2-7,10,16,29H,8-9,11-14H2,1H3/t16?,24-/m1/s1. The van der Waals surface area contributed by atoms with Crippen LogP contribution < -0.4 is 4.74 Å². The molecule has 2 aromatic carbocycles. The molecule has 1 N–H and O–H groups in total. The average molecular weight is 553 g/mol. The van der Waals surface area contributed by atoms with Gasteiger partial charge < -0.3 is 19.4 Å². The molecule has 190 valence electrons. The second kappa shape index (κ2) is 9.32. The van der Waals surface area contributed by atoms with Gasteiger partial charge in [-0.15, -0.1) is 0 Å². The van der Waals surface area contributed by atoms with Crippen molar-refractivity contribution in [1.29, 1.82) is 0 Å². The highest BCUT2D eigenvalue weighted by molar-refractivity contribution is 6.67. The number of halogens is 3. The van der Waals surface area contributed by atoms with Crippen molar-refractivity contribution in [2.24, 2.45) is 5.92 Å². The fraction of sp³-hybridized carbons (Fsp3) is 0.400. The number of benzene rings is 2. The van der Waals surface area contributed by atoms with E-state index in [2.05, 4.69) is 11.1 Å². The third kappa shape index (κ3) is 4.46. The number of fused-ring (bicyclic) bond motifs is 4. The van der Waals surface area contributed by atoms with E-state index in [1.807, 2.05) is 24.3 Å². The molecule has 0 radical (unpaired) electrons. The first kappa shape index (κ1) is 25.0. The van der Waals surface area contributed by atoms with Crippen molar-refractivity contribution >= 4 is 57.5 Å². The largest absolute Gasteiger partial charge is 0.497 e. The molecule has 0 bridgehead atoms. The Labute approximate surface area is 222 Å². The highest BCUT2D eigenvalue weighted by Crippen LogP contribution is 2.50. The minimum Gasteiger partial charge on any atom is -0.497 e. The Bertz CT molecular complexity index is 1340. The van der Waals surface area contributed by atoms with Crippen LogP contribution in [0.15, 0.2) is 42.5 Å². The summed E-state index contributed by atoms with van der Waals surface area (Å²) in [6.45, 7) is 0.516. The lowest BCUT2D eigenvalue weighted by Crippen LogP contribution is -2.55.